The summed E-state index contributed by atoms with van der Waals surface area (Å²) in [4.78, 5) is 23.3. The van der Waals surface area contributed by atoms with Crippen LogP contribution in [-0.4, -0.2) is 38.4 Å². The smallest absolute Gasteiger partial charge is 0.331 e. The summed E-state index contributed by atoms with van der Waals surface area (Å²) in [7, 11) is 1.57. The first-order valence-corrected chi connectivity index (χ1v) is 9.01. The predicted octanol–water partition coefficient (Wildman–Crippen LogP) is 3.87. The van der Waals surface area contributed by atoms with Crippen LogP contribution in [0, 0.1) is 11.8 Å². The second-order valence-corrected chi connectivity index (χ2v) is 6.40. The summed E-state index contributed by atoms with van der Waals surface area (Å²) in [5.41, 5.74) is 0.908. The zero-order valence-corrected chi connectivity index (χ0v) is 16.1. The Labute approximate surface area is 156 Å². The highest BCUT2D eigenvalue weighted by atomic mass is 16.7. The number of carbonyl (C=O) groups excluding carboxylic acids is 2. The summed E-state index contributed by atoms with van der Waals surface area (Å²) in [6.07, 6.45) is 4.18. The van der Waals surface area contributed by atoms with Gasteiger partial charge in [-0.25, -0.2) is 4.79 Å². The molecule has 0 saturated carbocycles. The van der Waals surface area contributed by atoms with E-state index in [2.05, 4.69) is 13.8 Å². The Kier molecular flexibility index (Phi) is 10.5. The van der Waals surface area contributed by atoms with Crippen LogP contribution in [0.3, 0.4) is 0 Å². The van der Waals surface area contributed by atoms with Crippen molar-refractivity contribution in [1.29, 1.82) is 0 Å². The van der Waals surface area contributed by atoms with Crippen molar-refractivity contribution in [3.05, 3.63) is 42.0 Å². The summed E-state index contributed by atoms with van der Waals surface area (Å²) in [5, 5.41) is 0. The standard InChI is InChI=1S/C21H30O5/c1-5-16(2)21(25-15-24-4)17(3)19(13-14-22)26-20(23)12-11-18-9-7-6-8-10-18/h6-12,14,16-17,19,21H,5,13,15H2,1-4H3/b12-11+/t16-,17-,19-,21+/m0/s1. The van der Waals surface area contributed by atoms with E-state index < -0.39 is 12.1 Å². The average Bonchev–Trinajstić information content (AvgIpc) is 2.66. The van der Waals surface area contributed by atoms with Crippen LogP contribution in [-0.2, 0) is 23.8 Å². The van der Waals surface area contributed by atoms with E-state index in [0.29, 0.717) is 0 Å². The van der Waals surface area contributed by atoms with E-state index in [-0.39, 0.29) is 31.2 Å². The molecule has 0 aliphatic carbocycles. The number of hydrogen-bond donors (Lipinski definition) is 0. The second kappa shape index (κ2) is 12.4. The fourth-order valence-corrected chi connectivity index (χ4v) is 2.81. The van der Waals surface area contributed by atoms with Crippen molar-refractivity contribution >= 4 is 18.3 Å². The topological polar surface area (TPSA) is 61.8 Å². The highest BCUT2D eigenvalue weighted by Crippen LogP contribution is 2.25. The fourth-order valence-electron chi connectivity index (χ4n) is 2.81. The highest BCUT2D eigenvalue weighted by Gasteiger charge is 2.32. The van der Waals surface area contributed by atoms with Crippen molar-refractivity contribution in [2.45, 2.75) is 45.8 Å². The van der Waals surface area contributed by atoms with Crippen LogP contribution in [0.4, 0.5) is 0 Å². The molecule has 0 radical (unpaired) electrons. The lowest BCUT2D eigenvalue weighted by molar-refractivity contribution is -0.157. The van der Waals surface area contributed by atoms with Gasteiger partial charge in [-0.2, -0.15) is 0 Å². The number of rotatable bonds is 12. The molecule has 0 amide bonds. The Balaban J connectivity index is 2.79. The predicted molar refractivity (Wildman–Crippen MR) is 101 cm³/mol. The molecule has 0 fully saturated rings. The van der Waals surface area contributed by atoms with Crippen molar-refractivity contribution < 1.29 is 23.8 Å². The molecule has 0 aromatic heterocycles. The van der Waals surface area contributed by atoms with E-state index in [1.54, 1.807) is 13.2 Å². The third-order valence-electron chi connectivity index (χ3n) is 4.50. The second-order valence-electron chi connectivity index (χ2n) is 6.40. The monoisotopic (exact) mass is 362 g/mol. The number of hydrogen-bond acceptors (Lipinski definition) is 5. The van der Waals surface area contributed by atoms with Gasteiger partial charge in [0, 0.05) is 25.5 Å². The third kappa shape index (κ3) is 7.50. The molecule has 144 valence electrons. The average molecular weight is 362 g/mol. The lowest BCUT2D eigenvalue weighted by Crippen LogP contribution is -2.39. The molecule has 4 atom stereocenters. The zero-order chi connectivity index (χ0) is 19.4. The number of benzene rings is 1. The van der Waals surface area contributed by atoms with Crippen LogP contribution in [0.1, 0.15) is 39.2 Å². The van der Waals surface area contributed by atoms with Gasteiger partial charge >= 0.3 is 5.97 Å². The van der Waals surface area contributed by atoms with Crippen molar-refractivity contribution in [1.82, 2.24) is 0 Å². The largest absolute Gasteiger partial charge is 0.458 e. The molecule has 1 aromatic carbocycles. The molecule has 5 heteroatoms. The van der Waals surface area contributed by atoms with Gasteiger partial charge < -0.3 is 19.0 Å². The van der Waals surface area contributed by atoms with Gasteiger partial charge in [0.05, 0.1) is 6.10 Å². The van der Waals surface area contributed by atoms with Gasteiger partial charge in [-0.15, -0.1) is 0 Å². The summed E-state index contributed by atoms with van der Waals surface area (Å²) in [6, 6.07) is 9.49. The van der Waals surface area contributed by atoms with E-state index in [4.69, 9.17) is 14.2 Å². The number of esters is 1. The summed E-state index contributed by atoms with van der Waals surface area (Å²) in [5.74, 6) is -0.366. The number of aldehydes is 1. The van der Waals surface area contributed by atoms with Crippen LogP contribution < -0.4 is 0 Å². The van der Waals surface area contributed by atoms with Crippen molar-refractivity contribution in [3.63, 3.8) is 0 Å². The van der Waals surface area contributed by atoms with E-state index in [0.717, 1.165) is 18.3 Å². The van der Waals surface area contributed by atoms with Crippen molar-refractivity contribution in [2.75, 3.05) is 13.9 Å². The van der Waals surface area contributed by atoms with Crippen LogP contribution in [0.15, 0.2) is 36.4 Å². The van der Waals surface area contributed by atoms with Gasteiger partial charge in [0.2, 0.25) is 0 Å². The molecule has 0 unspecified atom stereocenters. The van der Waals surface area contributed by atoms with Gasteiger partial charge in [-0.05, 0) is 17.6 Å². The molecule has 0 spiro atoms. The quantitative estimate of drug-likeness (QED) is 0.244. The first kappa shape index (κ1) is 22.1. The zero-order valence-electron chi connectivity index (χ0n) is 16.1. The SMILES string of the molecule is CC[C@H](C)[C@@H](OCOC)[C@@H](C)[C@H](CC=O)OC(=O)/C=C/c1ccccc1. The highest BCUT2D eigenvalue weighted by molar-refractivity contribution is 5.87. The van der Waals surface area contributed by atoms with Gasteiger partial charge in [0.25, 0.3) is 0 Å². The molecule has 0 heterocycles. The molecular weight excluding hydrogens is 332 g/mol. The van der Waals surface area contributed by atoms with E-state index in [1.165, 1.54) is 6.08 Å². The number of ether oxygens (including phenoxy) is 3. The van der Waals surface area contributed by atoms with E-state index in [1.807, 2.05) is 37.3 Å². The summed E-state index contributed by atoms with van der Waals surface area (Å²) in [6.45, 7) is 6.25. The van der Waals surface area contributed by atoms with Gasteiger partial charge in [0.1, 0.15) is 19.2 Å². The number of carbonyl (C=O) groups is 2. The minimum Gasteiger partial charge on any atom is -0.458 e. The van der Waals surface area contributed by atoms with E-state index in [9.17, 15) is 9.59 Å². The maximum absolute atomic E-state index is 12.2. The summed E-state index contributed by atoms with van der Waals surface area (Å²) < 4.78 is 16.4. The van der Waals surface area contributed by atoms with E-state index >= 15 is 0 Å². The Hall–Kier alpha value is -1.98. The maximum Gasteiger partial charge on any atom is 0.331 e. The molecule has 0 saturated heterocycles. The summed E-state index contributed by atoms with van der Waals surface area (Å²) >= 11 is 0. The maximum atomic E-state index is 12.2. The Morgan fingerprint density at radius 1 is 1.19 bits per heavy atom. The number of methoxy groups -OCH3 is 1. The van der Waals surface area contributed by atoms with Gasteiger partial charge in [-0.3, -0.25) is 0 Å². The molecule has 1 aromatic rings. The molecule has 5 nitrogen and oxygen atoms in total. The van der Waals surface area contributed by atoms with Crippen LogP contribution in [0.2, 0.25) is 0 Å². The van der Waals surface area contributed by atoms with Gasteiger partial charge in [-0.1, -0.05) is 57.5 Å². The van der Waals surface area contributed by atoms with Crippen molar-refractivity contribution in [2.24, 2.45) is 11.8 Å². The van der Waals surface area contributed by atoms with Crippen molar-refractivity contribution in [3.8, 4) is 0 Å². The molecule has 1 rings (SSSR count). The Morgan fingerprint density at radius 3 is 2.46 bits per heavy atom. The molecule has 26 heavy (non-hydrogen) atoms. The van der Waals surface area contributed by atoms with Crippen LogP contribution >= 0.6 is 0 Å². The van der Waals surface area contributed by atoms with Crippen LogP contribution in [0.5, 0.6) is 0 Å². The minimum absolute atomic E-state index is 0.134. The first-order chi connectivity index (χ1) is 12.5. The minimum atomic E-state index is -0.545. The van der Waals surface area contributed by atoms with Crippen LogP contribution in [0.25, 0.3) is 6.08 Å². The lowest BCUT2D eigenvalue weighted by Gasteiger charge is -2.33. The molecule has 0 bridgehead atoms. The molecule has 0 aliphatic rings. The normalized spacial score (nSPS) is 16.0. The van der Waals surface area contributed by atoms with Gasteiger partial charge in [0.15, 0.2) is 0 Å². The lowest BCUT2D eigenvalue weighted by atomic mass is 9.86. The molecular formula is C21H30O5. The fraction of sp³-hybridized carbons (Fsp3) is 0.524. The molecule has 0 N–H and O–H groups in total. The first-order valence-electron chi connectivity index (χ1n) is 9.01. The molecule has 0 aliphatic heterocycles. The third-order valence-corrected chi connectivity index (χ3v) is 4.50. The Morgan fingerprint density at radius 2 is 1.88 bits per heavy atom. The Bertz CT molecular complexity index is 555.